The average Bonchev–Trinajstić information content (AvgIpc) is 3.25. The molecular weight excluding hydrogens is 366 g/mol. The second-order valence-electron chi connectivity index (χ2n) is 6.19. The highest BCUT2D eigenvalue weighted by atomic mass is 16.5. The highest BCUT2D eigenvalue weighted by Crippen LogP contribution is 2.27. The summed E-state index contributed by atoms with van der Waals surface area (Å²) >= 11 is 0. The van der Waals surface area contributed by atoms with Gasteiger partial charge < -0.3 is 10.1 Å². The van der Waals surface area contributed by atoms with Crippen molar-refractivity contribution in [3.05, 3.63) is 78.5 Å². The zero-order valence-corrected chi connectivity index (χ0v) is 15.8. The third-order valence-corrected chi connectivity index (χ3v) is 4.24. The second-order valence-corrected chi connectivity index (χ2v) is 6.19. The molecule has 29 heavy (non-hydrogen) atoms. The number of aromatic amines is 1. The average molecular weight is 385 g/mol. The quantitative estimate of drug-likeness (QED) is 0.519. The van der Waals surface area contributed by atoms with E-state index in [1.54, 1.807) is 18.3 Å². The van der Waals surface area contributed by atoms with Crippen molar-refractivity contribution in [1.29, 1.82) is 0 Å². The highest BCUT2D eigenvalue weighted by Gasteiger charge is 2.14. The molecule has 7 nitrogen and oxygen atoms in total. The number of carbonyl (C=O) groups excluding carboxylic acids is 1. The van der Waals surface area contributed by atoms with Gasteiger partial charge in [-0.2, -0.15) is 5.10 Å². The summed E-state index contributed by atoms with van der Waals surface area (Å²) in [5, 5.41) is 10.2. The van der Waals surface area contributed by atoms with Gasteiger partial charge in [-0.05, 0) is 25.1 Å². The van der Waals surface area contributed by atoms with Gasteiger partial charge in [0.2, 0.25) is 5.88 Å². The van der Waals surface area contributed by atoms with E-state index in [0.29, 0.717) is 35.4 Å². The van der Waals surface area contributed by atoms with Crippen LogP contribution in [0.2, 0.25) is 0 Å². The van der Waals surface area contributed by atoms with Crippen LogP contribution in [0.1, 0.15) is 17.3 Å². The van der Waals surface area contributed by atoms with Gasteiger partial charge in [0.05, 0.1) is 12.3 Å². The number of rotatable bonds is 6. The molecule has 7 heteroatoms. The van der Waals surface area contributed by atoms with E-state index in [1.807, 2.05) is 61.5 Å². The largest absolute Gasteiger partial charge is 0.478 e. The normalized spacial score (nSPS) is 10.5. The Morgan fingerprint density at radius 1 is 1.07 bits per heavy atom. The number of amides is 1. The fraction of sp³-hybridized carbons (Fsp3) is 0.0909. The smallest absolute Gasteiger partial charge is 0.255 e. The van der Waals surface area contributed by atoms with Crippen molar-refractivity contribution < 1.29 is 9.53 Å². The number of carbonyl (C=O) groups is 1. The number of hydrogen-bond acceptors (Lipinski definition) is 5. The van der Waals surface area contributed by atoms with Gasteiger partial charge in [-0.15, -0.1) is 0 Å². The highest BCUT2D eigenvalue weighted by molar-refractivity contribution is 6.06. The van der Waals surface area contributed by atoms with E-state index in [9.17, 15) is 4.79 Å². The van der Waals surface area contributed by atoms with E-state index in [0.717, 1.165) is 11.1 Å². The van der Waals surface area contributed by atoms with E-state index in [4.69, 9.17) is 4.74 Å². The predicted octanol–water partition coefficient (Wildman–Crippen LogP) is 4.18. The Balaban J connectivity index is 1.60. The molecule has 0 unspecified atom stereocenters. The van der Waals surface area contributed by atoms with E-state index in [-0.39, 0.29) is 5.91 Å². The van der Waals surface area contributed by atoms with E-state index in [2.05, 4.69) is 25.5 Å². The van der Waals surface area contributed by atoms with Gasteiger partial charge in [0, 0.05) is 29.0 Å². The first-order valence-electron chi connectivity index (χ1n) is 9.22. The summed E-state index contributed by atoms with van der Waals surface area (Å²) in [5.41, 5.74) is 2.75. The Kier molecular flexibility index (Phi) is 5.29. The van der Waals surface area contributed by atoms with Crippen molar-refractivity contribution in [3.8, 4) is 28.7 Å². The molecule has 4 rings (SSSR count). The van der Waals surface area contributed by atoms with E-state index >= 15 is 0 Å². The van der Waals surface area contributed by atoms with Gasteiger partial charge in [0.15, 0.2) is 11.6 Å². The first kappa shape index (κ1) is 18.4. The summed E-state index contributed by atoms with van der Waals surface area (Å²) in [6.07, 6.45) is 1.55. The minimum Gasteiger partial charge on any atom is -0.478 e. The van der Waals surface area contributed by atoms with Gasteiger partial charge in [-0.25, -0.2) is 9.97 Å². The molecule has 144 valence electrons. The topological polar surface area (TPSA) is 92.8 Å². The zero-order chi connectivity index (χ0) is 20.1. The summed E-state index contributed by atoms with van der Waals surface area (Å²) < 4.78 is 5.37. The Morgan fingerprint density at radius 2 is 1.86 bits per heavy atom. The van der Waals surface area contributed by atoms with Crippen LogP contribution in [0.25, 0.3) is 22.8 Å². The number of nitrogens with zero attached hydrogens (tertiary/aromatic N) is 3. The molecular formula is C22H19N5O2. The number of pyridine rings is 1. The third-order valence-electron chi connectivity index (χ3n) is 4.24. The molecule has 0 aliphatic carbocycles. The molecule has 2 N–H and O–H groups in total. The number of benzene rings is 2. The van der Waals surface area contributed by atoms with Crippen LogP contribution in [0, 0.1) is 0 Å². The number of anilines is 1. The zero-order valence-electron chi connectivity index (χ0n) is 15.8. The minimum absolute atomic E-state index is 0.261. The lowest BCUT2D eigenvalue weighted by atomic mass is 10.1. The SMILES string of the molecule is CCOc1cc(C(=O)Nc2ccccc2-c2nc(-c3ccccc3)n[nH]2)ccn1. The van der Waals surface area contributed by atoms with Crippen molar-refractivity contribution >= 4 is 11.6 Å². The van der Waals surface area contributed by atoms with Crippen molar-refractivity contribution in [2.75, 3.05) is 11.9 Å². The standard InChI is InChI=1S/C22H19N5O2/c1-2-29-19-14-16(12-13-23-19)22(28)24-18-11-7-6-10-17(18)21-25-20(26-27-21)15-8-4-3-5-9-15/h3-14H,2H2,1H3,(H,24,28)(H,25,26,27). The van der Waals surface area contributed by atoms with E-state index < -0.39 is 0 Å². The third kappa shape index (κ3) is 4.14. The molecule has 0 aliphatic heterocycles. The van der Waals surface area contributed by atoms with Crippen LogP contribution in [-0.4, -0.2) is 32.7 Å². The number of nitrogens with one attached hydrogen (secondary N) is 2. The van der Waals surface area contributed by atoms with E-state index in [1.165, 1.54) is 0 Å². The van der Waals surface area contributed by atoms with Crippen molar-refractivity contribution in [1.82, 2.24) is 20.2 Å². The second kappa shape index (κ2) is 8.35. The molecule has 0 saturated carbocycles. The maximum absolute atomic E-state index is 12.7. The molecule has 1 amide bonds. The van der Waals surface area contributed by atoms with Crippen LogP contribution in [0.4, 0.5) is 5.69 Å². The monoisotopic (exact) mass is 385 g/mol. The fourth-order valence-electron chi connectivity index (χ4n) is 2.87. The van der Waals surface area contributed by atoms with Crippen molar-refractivity contribution in [2.45, 2.75) is 6.92 Å². The number of para-hydroxylation sites is 1. The van der Waals surface area contributed by atoms with Gasteiger partial charge in [0.25, 0.3) is 5.91 Å². The number of ether oxygens (including phenoxy) is 1. The van der Waals surface area contributed by atoms with Crippen LogP contribution >= 0.6 is 0 Å². The minimum atomic E-state index is -0.261. The van der Waals surface area contributed by atoms with Crippen molar-refractivity contribution in [3.63, 3.8) is 0 Å². The maximum atomic E-state index is 12.7. The molecule has 0 spiro atoms. The summed E-state index contributed by atoms with van der Waals surface area (Å²) in [7, 11) is 0. The number of hydrogen-bond donors (Lipinski definition) is 2. The Bertz CT molecular complexity index is 1120. The molecule has 0 aliphatic rings. The molecule has 2 aromatic heterocycles. The van der Waals surface area contributed by atoms with Crippen LogP contribution in [-0.2, 0) is 0 Å². The Morgan fingerprint density at radius 3 is 2.69 bits per heavy atom. The lowest BCUT2D eigenvalue weighted by Crippen LogP contribution is -2.13. The summed E-state index contributed by atoms with van der Waals surface area (Å²) in [4.78, 5) is 21.4. The van der Waals surface area contributed by atoms with Crippen LogP contribution in [0.15, 0.2) is 72.9 Å². The molecule has 2 aromatic carbocycles. The van der Waals surface area contributed by atoms with Crippen LogP contribution in [0.5, 0.6) is 5.88 Å². The predicted molar refractivity (Wildman–Crippen MR) is 111 cm³/mol. The van der Waals surface area contributed by atoms with Gasteiger partial charge in [-0.1, -0.05) is 42.5 Å². The molecule has 4 aromatic rings. The first-order chi connectivity index (χ1) is 14.2. The number of aromatic nitrogens is 4. The summed E-state index contributed by atoms with van der Waals surface area (Å²) in [6.45, 7) is 2.35. The lowest BCUT2D eigenvalue weighted by molar-refractivity contribution is 0.102. The molecule has 0 saturated heterocycles. The molecule has 0 radical (unpaired) electrons. The van der Waals surface area contributed by atoms with Crippen molar-refractivity contribution in [2.24, 2.45) is 0 Å². The lowest BCUT2D eigenvalue weighted by Gasteiger charge is -2.10. The van der Waals surface area contributed by atoms with Crippen LogP contribution < -0.4 is 10.1 Å². The molecule has 0 atom stereocenters. The first-order valence-corrected chi connectivity index (χ1v) is 9.22. The summed E-state index contributed by atoms with van der Waals surface area (Å²) in [6, 6.07) is 20.4. The van der Waals surface area contributed by atoms with Crippen LogP contribution in [0.3, 0.4) is 0 Å². The Labute approximate surface area is 167 Å². The molecule has 0 fully saturated rings. The van der Waals surface area contributed by atoms with Gasteiger partial charge >= 0.3 is 0 Å². The maximum Gasteiger partial charge on any atom is 0.255 e. The Hall–Kier alpha value is -4.00. The molecule has 2 heterocycles. The summed E-state index contributed by atoms with van der Waals surface area (Å²) in [5.74, 6) is 1.32. The van der Waals surface area contributed by atoms with Gasteiger partial charge in [-0.3, -0.25) is 9.89 Å². The van der Waals surface area contributed by atoms with Gasteiger partial charge in [0.1, 0.15) is 0 Å². The molecule has 0 bridgehead atoms. The fourth-order valence-corrected chi connectivity index (χ4v) is 2.87. The number of H-pyrrole nitrogens is 1.